The molecule has 0 radical (unpaired) electrons. The zero-order valence-corrected chi connectivity index (χ0v) is 9.88. The Kier molecular flexibility index (Phi) is 3.94. The maximum absolute atomic E-state index is 13.2. The Morgan fingerprint density at radius 1 is 1.44 bits per heavy atom. The van der Waals surface area contributed by atoms with Gasteiger partial charge in [-0.3, -0.25) is 0 Å². The van der Waals surface area contributed by atoms with Gasteiger partial charge in [-0.2, -0.15) is 0 Å². The minimum Gasteiger partial charge on any atom is -0.314 e. The van der Waals surface area contributed by atoms with Crippen molar-refractivity contribution in [3.05, 3.63) is 35.4 Å². The van der Waals surface area contributed by atoms with Gasteiger partial charge in [-0.05, 0) is 43.9 Å². The predicted molar refractivity (Wildman–Crippen MR) is 65.3 cm³/mol. The lowest BCUT2D eigenvalue weighted by molar-refractivity contribution is 0.373. The molecule has 1 fully saturated rings. The standard InChI is InChI=1S/C14H20FN/c1-11(15)13-6-4-5-12(9-13)10-14-7-2-3-8-16-14/h4-6,9,11,14,16H,2-3,7-8,10H2,1H3. The first-order valence-electron chi connectivity index (χ1n) is 6.22. The van der Waals surface area contributed by atoms with E-state index in [2.05, 4.69) is 11.4 Å². The van der Waals surface area contributed by atoms with Crippen molar-refractivity contribution >= 4 is 0 Å². The topological polar surface area (TPSA) is 12.0 Å². The molecular weight excluding hydrogens is 201 g/mol. The molecule has 2 rings (SSSR count). The number of hydrogen-bond acceptors (Lipinski definition) is 1. The van der Waals surface area contributed by atoms with Crippen molar-refractivity contribution in [2.75, 3.05) is 6.54 Å². The highest BCUT2D eigenvalue weighted by Gasteiger charge is 2.13. The molecule has 1 aliphatic rings. The molecule has 0 spiro atoms. The zero-order chi connectivity index (χ0) is 11.4. The summed E-state index contributed by atoms with van der Waals surface area (Å²) in [6, 6.07) is 8.51. The van der Waals surface area contributed by atoms with E-state index in [0.717, 1.165) is 18.5 Å². The molecule has 1 saturated heterocycles. The molecular formula is C14H20FN. The highest BCUT2D eigenvalue weighted by atomic mass is 19.1. The largest absolute Gasteiger partial charge is 0.314 e. The first-order valence-corrected chi connectivity index (χ1v) is 6.22. The predicted octanol–water partition coefficient (Wildman–Crippen LogP) is 3.40. The van der Waals surface area contributed by atoms with Crippen LogP contribution in [0.25, 0.3) is 0 Å². The smallest absolute Gasteiger partial charge is 0.122 e. The third-order valence-electron chi connectivity index (χ3n) is 3.30. The van der Waals surface area contributed by atoms with Crippen LogP contribution in [0.2, 0.25) is 0 Å². The average Bonchev–Trinajstić information content (AvgIpc) is 2.30. The van der Waals surface area contributed by atoms with Gasteiger partial charge in [-0.1, -0.05) is 30.7 Å². The Hall–Kier alpha value is -0.890. The number of rotatable bonds is 3. The van der Waals surface area contributed by atoms with E-state index in [0.29, 0.717) is 6.04 Å². The first kappa shape index (κ1) is 11.6. The summed E-state index contributed by atoms with van der Waals surface area (Å²) in [5.41, 5.74) is 2.05. The van der Waals surface area contributed by atoms with Crippen molar-refractivity contribution in [2.45, 2.75) is 44.8 Å². The SMILES string of the molecule is CC(F)c1cccc(CC2CCCCN2)c1. The quantitative estimate of drug-likeness (QED) is 0.825. The van der Waals surface area contributed by atoms with E-state index in [1.54, 1.807) is 6.92 Å². The molecule has 2 heteroatoms. The molecule has 1 N–H and O–H groups in total. The fraction of sp³-hybridized carbons (Fsp3) is 0.571. The lowest BCUT2D eigenvalue weighted by Gasteiger charge is -2.23. The van der Waals surface area contributed by atoms with Gasteiger partial charge in [0.15, 0.2) is 0 Å². The third kappa shape index (κ3) is 3.05. The van der Waals surface area contributed by atoms with E-state index < -0.39 is 6.17 Å². The third-order valence-corrected chi connectivity index (χ3v) is 3.30. The number of nitrogens with one attached hydrogen (secondary N) is 1. The molecule has 0 bridgehead atoms. The first-order chi connectivity index (χ1) is 7.75. The van der Waals surface area contributed by atoms with Crippen molar-refractivity contribution < 1.29 is 4.39 Å². The normalized spacial score (nSPS) is 23.0. The monoisotopic (exact) mass is 221 g/mol. The highest BCUT2D eigenvalue weighted by Crippen LogP contribution is 2.19. The van der Waals surface area contributed by atoms with E-state index in [4.69, 9.17) is 0 Å². The van der Waals surface area contributed by atoms with Gasteiger partial charge in [-0.25, -0.2) is 4.39 Å². The van der Waals surface area contributed by atoms with Gasteiger partial charge < -0.3 is 5.32 Å². The highest BCUT2D eigenvalue weighted by molar-refractivity contribution is 5.25. The van der Waals surface area contributed by atoms with Crippen LogP contribution >= 0.6 is 0 Å². The maximum Gasteiger partial charge on any atom is 0.122 e. The molecule has 1 aliphatic heterocycles. The second-order valence-electron chi connectivity index (χ2n) is 4.71. The minimum atomic E-state index is -0.862. The van der Waals surface area contributed by atoms with Crippen LogP contribution in [0.1, 0.15) is 43.5 Å². The summed E-state index contributed by atoms with van der Waals surface area (Å²) >= 11 is 0. The lowest BCUT2D eigenvalue weighted by Crippen LogP contribution is -2.35. The summed E-state index contributed by atoms with van der Waals surface area (Å²) in [5.74, 6) is 0. The van der Waals surface area contributed by atoms with Crippen LogP contribution in [-0.2, 0) is 6.42 Å². The van der Waals surface area contributed by atoms with E-state index >= 15 is 0 Å². The summed E-state index contributed by atoms with van der Waals surface area (Å²) in [6.07, 6.45) is 4.02. The van der Waals surface area contributed by atoms with Gasteiger partial charge in [0.05, 0.1) is 0 Å². The summed E-state index contributed by atoms with van der Waals surface area (Å²) in [7, 11) is 0. The molecule has 1 heterocycles. The van der Waals surface area contributed by atoms with Crippen LogP contribution in [0.3, 0.4) is 0 Å². The van der Waals surface area contributed by atoms with E-state index in [1.165, 1.54) is 24.8 Å². The fourth-order valence-electron chi connectivity index (χ4n) is 2.35. The van der Waals surface area contributed by atoms with Crippen LogP contribution < -0.4 is 5.32 Å². The second kappa shape index (κ2) is 5.44. The van der Waals surface area contributed by atoms with Crippen LogP contribution in [0, 0.1) is 0 Å². The summed E-state index contributed by atoms with van der Waals surface area (Å²) < 4.78 is 13.2. The van der Waals surface area contributed by atoms with Gasteiger partial charge in [0.25, 0.3) is 0 Å². The summed E-state index contributed by atoms with van der Waals surface area (Å²) in [5, 5.41) is 3.52. The van der Waals surface area contributed by atoms with E-state index in [-0.39, 0.29) is 0 Å². The molecule has 1 nitrogen and oxygen atoms in total. The average molecular weight is 221 g/mol. The van der Waals surface area contributed by atoms with E-state index in [9.17, 15) is 4.39 Å². The molecule has 2 unspecified atom stereocenters. The van der Waals surface area contributed by atoms with Crippen molar-refractivity contribution in [1.29, 1.82) is 0 Å². The molecule has 2 atom stereocenters. The summed E-state index contributed by atoms with van der Waals surface area (Å²) in [4.78, 5) is 0. The van der Waals surface area contributed by atoms with Crippen molar-refractivity contribution in [3.8, 4) is 0 Å². The maximum atomic E-state index is 13.2. The molecule has 1 aromatic rings. The number of hydrogen-bond donors (Lipinski definition) is 1. The minimum absolute atomic E-state index is 0.582. The molecule has 16 heavy (non-hydrogen) atoms. The number of halogens is 1. The Morgan fingerprint density at radius 2 is 2.31 bits per heavy atom. The van der Waals surface area contributed by atoms with Gasteiger partial charge in [-0.15, -0.1) is 0 Å². The van der Waals surface area contributed by atoms with Gasteiger partial charge in [0.1, 0.15) is 6.17 Å². The Labute approximate surface area is 97.1 Å². The molecule has 0 amide bonds. The van der Waals surface area contributed by atoms with Crippen molar-refractivity contribution in [1.82, 2.24) is 5.32 Å². The van der Waals surface area contributed by atoms with Crippen LogP contribution in [-0.4, -0.2) is 12.6 Å². The van der Waals surface area contributed by atoms with Crippen LogP contribution in [0.5, 0.6) is 0 Å². The zero-order valence-electron chi connectivity index (χ0n) is 9.88. The summed E-state index contributed by atoms with van der Waals surface area (Å²) in [6.45, 7) is 2.72. The fourth-order valence-corrected chi connectivity index (χ4v) is 2.35. The van der Waals surface area contributed by atoms with Crippen molar-refractivity contribution in [2.24, 2.45) is 0 Å². The van der Waals surface area contributed by atoms with Gasteiger partial charge >= 0.3 is 0 Å². The Bertz CT molecular complexity index is 329. The molecule has 0 aromatic heterocycles. The lowest BCUT2D eigenvalue weighted by atomic mass is 9.96. The van der Waals surface area contributed by atoms with Gasteiger partial charge in [0, 0.05) is 6.04 Å². The Balaban J connectivity index is 2.00. The Morgan fingerprint density at radius 3 is 3.00 bits per heavy atom. The second-order valence-corrected chi connectivity index (χ2v) is 4.71. The molecule has 88 valence electrons. The van der Waals surface area contributed by atoms with Crippen molar-refractivity contribution in [3.63, 3.8) is 0 Å². The van der Waals surface area contributed by atoms with E-state index in [1.807, 2.05) is 18.2 Å². The van der Waals surface area contributed by atoms with Crippen LogP contribution in [0.4, 0.5) is 4.39 Å². The van der Waals surface area contributed by atoms with Gasteiger partial charge in [0.2, 0.25) is 0 Å². The van der Waals surface area contributed by atoms with Crippen LogP contribution in [0.15, 0.2) is 24.3 Å². The molecule has 0 saturated carbocycles. The number of piperidine rings is 1. The number of alkyl halides is 1. The molecule has 1 aromatic carbocycles. The molecule has 0 aliphatic carbocycles. The number of benzene rings is 1.